The van der Waals surface area contributed by atoms with Crippen molar-refractivity contribution in [2.45, 2.75) is 11.8 Å². The molecule has 1 aliphatic rings. The minimum atomic E-state index is -3.71. The van der Waals surface area contributed by atoms with Gasteiger partial charge in [-0.15, -0.1) is 10.2 Å². The molecule has 156 valence electrons. The van der Waals surface area contributed by atoms with E-state index in [0.717, 1.165) is 22.6 Å². The van der Waals surface area contributed by atoms with Crippen LogP contribution in [0.4, 0.5) is 5.82 Å². The van der Waals surface area contributed by atoms with Crippen molar-refractivity contribution in [2.75, 3.05) is 31.1 Å². The van der Waals surface area contributed by atoms with Gasteiger partial charge < -0.3 is 4.90 Å². The van der Waals surface area contributed by atoms with E-state index in [1.54, 1.807) is 12.1 Å². The minimum Gasteiger partial charge on any atom is -0.352 e. The van der Waals surface area contributed by atoms with E-state index in [0.29, 0.717) is 26.2 Å². The predicted octanol–water partition coefficient (Wildman–Crippen LogP) is 4.27. The molecule has 1 fully saturated rings. The number of rotatable bonds is 4. The Morgan fingerprint density at radius 2 is 1.60 bits per heavy atom. The second kappa shape index (κ2) is 8.51. The molecule has 2 heterocycles. The van der Waals surface area contributed by atoms with Crippen molar-refractivity contribution in [3.63, 3.8) is 0 Å². The molecule has 1 saturated heterocycles. The zero-order valence-corrected chi connectivity index (χ0v) is 18.6. The van der Waals surface area contributed by atoms with E-state index in [-0.39, 0.29) is 14.9 Å². The zero-order chi connectivity index (χ0) is 21.3. The third-order valence-corrected chi connectivity index (χ3v) is 8.04. The largest absolute Gasteiger partial charge is 0.352 e. The van der Waals surface area contributed by atoms with Gasteiger partial charge in [0.05, 0.1) is 15.7 Å². The summed E-state index contributed by atoms with van der Waals surface area (Å²) in [7, 11) is -3.71. The monoisotopic (exact) mass is 462 g/mol. The summed E-state index contributed by atoms with van der Waals surface area (Å²) in [4.78, 5) is 2.06. The summed E-state index contributed by atoms with van der Waals surface area (Å²) in [6, 6.07) is 16.5. The number of aryl methyl sites for hydroxylation is 1. The standard InChI is InChI=1S/C21H20Cl2N4O2S/c1-15-5-2-3-6-16(15)18-9-10-20(25-24-18)26-11-13-27(14-12-26)30(28,29)19-8-4-7-17(22)21(19)23/h2-10H,11-14H2,1H3. The molecule has 0 spiro atoms. The molecule has 0 saturated carbocycles. The van der Waals surface area contributed by atoms with E-state index in [1.807, 2.05) is 48.2 Å². The molecule has 0 radical (unpaired) electrons. The molecule has 0 N–H and O–H groups in total. The van der Waals surface area contributed by atoms with E-state index in [2.05, 4.69) is 10.2 Å². The number of halogens is 2. The van der Waals surface area contributed by atoms with Crippen LogP contribution in [0, 0.1) is 6.92 Å². The van der Waals surface area contributed by atoms with Crippen LogP contribution in [0.5, 0.6) is 0 Å². The van der Waals surface area contributed by atoms with Crippen LogP contribution in [0.1, 0.15) is 5.56 Å². The second-order valence-electron chi connectivity index (χ2n) is 7.03. The van der Waals surface area contributed by atoms with Gasteiger partial charge in [0.2, 0.25) is 10.0 Å². The Labute approximate surface area is 186 Å². The smallest absolute Gasteiger partial charge is 0.244 e. The van der Waals surface area contributed by atoms with Gasteiger partial charge in [0, 0.05) is 31.7 Å². The maximum Gasteiger partial charge on any atom is 0.244 e. The van der Waals surface area contributed by atoms with E-state index in [4.69, 9.17) is 23.2 Å². The summed E-state index contributed by atoms with van der Waals surface area (Å²) >= 11 is 12.1. The van der Waals surface area contributed by atoms with E-state index < -0.39 is 10.0 Å². The van der Waals surface area contributed by atoms with Crippen molar-refractivity contribution in [1.29, 1.82) is 0 Å². The molecule has 1 aromatic heterocycles. The average molecular weight is 463 g/mol. The lowest BCUT2D eigenvalue weighted by Crippen LogP contribution is -2.49. The van der Waals surface area contributed by atoms with Gasteiger partial charge in [-0.25, -0.2) is 8.42 Å². The first-order valence-electron chi connectivity index (χ1n) is 9.47. The van der Waals surface area contributed by atoms with Crippen LogP contribution in [0.2, 0.25) is 10.0 Å². The number of nitrogens with zero attached hydrogens (tertiary/aromatic N) is 4. The number of sulfonamides is 1. The first-order valence-corrected chi connectivity index (χ1v) is 11.7. The normalized spacial score (nSPS) is 15.4. The summed E-state index contributed by atoms with van der Waals surface area (Å²) in [6.07, 6.45) is 0. The topological polar surface area (TPSA) is 66.4 Å². The zero-order valence-electron chi connectivity index (χ0n) is 16.3. The van der Waals surface area contributed by atoms with Crippen molar-refractivity contribution >= 4 is 39.0 Å². The summed E-state index contributed by atoms with van der Waals surface area (Å²) in [5.41, 5.74) is 3.00. The van der Waals surface area contributed by atoms with Crippen LogP contribution in [-0.4, -0.2) is 49.1 Å². The van der Waals surface area contributed by atoms with Gasteiger partial charge >= 0.3 is 0 Å². The van der Waals surface area contributed by atoms with Gasteiger partial charge in [-0.05, 0) is 36.8 Å². The highest BCUT2D eigenvalue weighted by atomic mass is 35.5. The number of aromatic nitrogens is 2. The van der Waals surface area contributed by atoms with Crippen molar-refractivity contribution in [3.05, 3.63) is 70.2 Å². The van der Waals surface area contributed by atoms with Crippen molar-refractivity contribution < 1.29 is 8.42 Å². The number of benzene rings is 2. The maximum atomic E-state index is 13.0. The summed E-state index contributed by atoms with van der Waals surface area (Å²) in [6.45, 7) is 3.71. The second-order valence-corrected chi connectivity index (χ2v) is 9.73. The van der Waals surface area contributed by atoms with Gasteiger partial charge in [0.1, 0.15) is 4.90 Å². The molecule has 6 nitrogen and oxygen atoms in total. The summed E-state index contributed by atoms with van der Waals surface area (Å²) < 4.78 is 27.4. The van der Waals surface area contributed by atoms with Crippen LogP contribution in [0.3, 0.4) is 0 Å². The first-order chi connectivity index (χ1) is 14.4. The molecule has 0 aliphatic carbocycles. The Morgan fingerprint density at radius 1 is 0.867 bits per heavy atom. The van der Waals surface area contributed by atoms with Crippen LogP contribution in [0.25, 0.3) is 11.3 Å². The van der Waals surface area contributed by atoms with Crippen molar-refractivity contribution in [2.24, 2.45) is 0 Å². The molecular weight excluding hydrogens is 443 g/mol. The highest BCUT2D eigenvalue weighted by Crippen LogP contribution is 2.31. The van der Waals surface area contributed by atoms with Crippen molar-refractivity contribution in [1.82, 2.24) is 14.5 Å². The number of piperazine rings is 1. The first kappa shape index (κ1) is 21.1. The Kier molecular flexibility index (Phi) is 5.97. The Balaban J connectivity index is 1.47. The minimum absolute atomic E-state index is 0.0347. The number of anilines is 1. The third kappa shape index (κ3) is 4.03. The lowest BCUT2D eigenvalue weighted by molar-refractivity contribution is 0.383. The van der Waals surface area contributed by atoms with Crippen molar-refractivity contribution in [3.8, 4) is 11.3 Å². The van der Waals surface area contributed by atoms with Crippen LogP contribution >= 0.6 is 23.2 Å². The maximum absolute atomic E-state index is 13.0. The van der Waals surface area contributed by atoms with Gasteiger partial charge in [-0.1, -0.05) is 53.5 Å². The third-order valence-electron chi connectivity index (χ3n) is 5.17. The fourth-order valence-corrected chi connectivity index (χ4v) is 5.64. The average Bonchev–Trinajstić information content (AvgIpc) is 2.76. The van der Waals surface area contributed by atoms with E-state index >= 15 is 0 Å². The molecule has 0 atom stereocenters. The number of hydrogen-bond acceptors (Lipinski definition) is 5. The fraction of sp³-hybridized carbons (Fsp3) is 0.238. The highest BCUT2D eigenvalue weighted by molar-refractivity contribution is 7.89. The van der Waals surface area contributed by atoms with Gasteiger partial charge in [-0.3, -0.25) is 0 Å². The van der Waals surface area contributed by atoms with E-state index in [9.17, 15) is 8.42 Å². The molecule has 4 rings (SSSR count). The lowest BCUT2D eigenvalue weighted by Gasteiger charge is -2.34. The van der Waals surface area contributed by atoms with Crippen LogP contribution in [0.15, 0.2) is 59.5 Å². The lowest BCUT2D eigenvalue weighted by atomic mass is 10.1. The molecule has 1 aliphatic heterocycles. The molecule has 2 aromatic carbocycles. The van der Waals surface area contributed by atoms with Gasteiger partial charge in [0.25, 0.3) is 0 Å². The molecule has 0 bridgehead atoms. The highest BCUT2D eigenvalue weighted by Gasteiger charge is 2.31. The molecule has 0 unspecified atom stereocenters. The van der Waals surface area contributed by atoms with Gasteiger partial charge in [-0.2, -0.15) is 4.31 Å². The number of hydrogen-bond donors (Lipinski definition) is 0. The Morgan fingerprint density at radius 3 is 2.27 bits per heavy atom. The summed E-state index contributed by atoms with van der Waals surface area (Å²) in [5, 5.41) is 9.00. The van der Waals surface area contributed by atoms with Crippen LogP contribution in [-0.2, 0) is 10.0 Å². The summed E-state index contributed by atoms with van der Waals surface area (Å²) in [5.74, 6) is 0.727. The molecular formula is C21H20Cl2N4O2S. The Bertz CT molecular complexity index is 1160. The quantitative estimate of drug-likeness (QED) is 0.578. The predicted molar refractivity (Wildman–Crippen MR) is 120 cm³/mol. The Hall–Kier alpha value is -2.19. The molecule has 30 heavy (non-hydrogen) atoms. The molecule has 3 aromatic rings. The molecule has 0 amide bonds. The van der Waals surface area contributed by atoms with Gasteiger partial charge in [0.15, 0.2) is 5.82 Å². The molecule has 9 heteroatoms. The van der Waals surface area contributed by atoms with Crippen LogP contribution < -0.4 is 4.90 Å². The van der Waals surface area contributed by atoms with E-state index in [1.165, 1.54) is 10.4 Å². The fourth-order valence-electron chi connectivity index (χ4n) is 3.48. The SMILES string of the molecule is Cc1ccccc1-c1ccc(N2CCN(S(=O)(=O)c3cccc(Cl)c3Cl)CC2)nn1.